The molecule has 68 valence electrons. The molecule has 0 radical (unpaired) electrons. The second kappa shape index (κ2) is 4.33. The van der Waals surface area contributed by atoms with E-state index >= 15 is 0 Å². The standard InChI is InChI=1S/C9H11N3O/c1-13-9-8(11)5-4-7(12-9)3-2-6-10/h4-5H,6,10-11H2,1H3. The summed E-state index contributed by atoms with van der Waals surface area (Å²) >= 11 is 0. The molecule has 0 fully saturated rings. The van der Waals surface area contributed by atoms with Crippen LogP contribution in [0.5, 0.6) is 5.88 Å². The fraction of sp³-hybridized carbons (Fsp3) is 0.222. The van der Waals surface area contributed by atoms with Gasteiger partial charge in [-0.1, -0.05) is 5.92 Å². The number of rotatable bonds is 1. The molecule has 4 N–H and O–H groups in total. The number of anilines is 1. The molecule has 0 aliphatic rings. The topological polar surface area (TPSA) is 74.2 Å². The molecule has 0 saturated heterocycles. The summed E-state index contributed by atoms with van der Waals surface area (Å²) in [5.74, 6) is 5.87. The summed E-state index contributed by atoms with van der Waals surface area (Å²) in [7, 11) is 1.51. The summed E-state index contributed by atoms with van der Waals surface area (Å²) in [6.45, 7) is 0.314. The number of nitrogens with two attached hydrogens (primary N) is 2. The van der Waals surface area contributed by atoms with Crippen molar-refractivity contribution in [3.63, 3.8) is 0 Å². The lowest BCUT2D eigenvalue weighted by Crippen LogP contribution is -1.97. The molecule has 0 aromatic carbocycles. The lowest BCUT2D eigenvalue weighted by atomic mass is 10.3. The van der Waals surface area contributed by atoms with Gasteiger partial charge < -0.3 is 16.2 Å². The van der Waals surface area contributed by atoms with Gasteiger partial charge in [0.05, 0.1) is 19.3 Å². The Labute approximate surface area is 76.9 Å². The van der Waals surface area contributed by atoms with Gasteiger partial charge in [-0.3, -0.25) is 0 Å². The van der Waals surface area contributed by atoms with Crippen LogP contribution in [0.15, 0.2) is 12.1 Å². The van der Waals surface area contributed by atoms with Gasteiger partial charge in [0.2, 0.25) is 5.88 Å². The number of nitrogen functional groups attached to an aromatic ring is 1. The van der Waals surface area contributed by atoms with Gasteiger partial charge in [-0.05, 0) is 18.1 Å². The van der Waals surface area contributed by atoms with Crippen LogP contribution >= 0.6 is 0 Å². The predicted octanol–water partition coefficient (Wildman–Crippen LogP) is -0.0174. The highest BCUT2D eigenvalue weighted by Crippen LogP contribution is 2.16. The minimum absolute atomic E-state index is 0.314. The first-order chi connectivity index (χ1) is 6.27. The monoisotopic (exact) mass is 177 g/mol. The molecule has 13 heavy (non-hydrogen) atoms. The Morgan fingerprint density at radius 3 is 2.92 bits per heavy atom. The third-order valence-corrected chi connectivity index (χ3v) is 1.40. The molecule has 0 amide bonds. The van der Waals surface area contributed by atoms with Gasteiger partial charge in [0.15, 0.2) is 0 Å². The third-order valence-electron chi connectivity index (χ3n) is 1.40. The highest BCUT2D eigenvalue weighted by atomic mass is 16.5. The maximum Gasteiger partial charge on any atom is 0.238 e. The molecule has 1 aromatic heterocycles. The zero-order valence-corrected chi connectivity index (χ0v) is 7.37. The number of hydrogen-bond donors (Lipinski definition) is 2. The zero-order chi connectivity index (χ0) is 9.68. The van der Waals surface area contributed by atoms with Gasteiger partial charge in [-0.25, -0.2) is 4.98 Å². The second-order valence-corrected chi connectivity index (χ2v) is 2.30. The SMILES string of the molecule is COc1nc(C#CCN)ccc1N. The molecular weight excluding hydrogens is 166 g/mol. The van der Waals surface area contributed by atoms with Gasteiger partial charge in [0, 0.05) is 0 Å². The lowest BCUT2D eigenvalue weighted by molar-refractivity contribution is 0.400. The average molecular weight is 177 g/mol. The molecule has 0 aliphatic heterocycles. The molecule has 4 heteroatoms. The fourth-order valence-corrected chi connectivity index (χ4v) is 0.826. The van der Waals surface area contributed by atoms with E-state index < -0.39 is 0 Å². The van der Waals surface area contributed by atoms with Gasteiger partial charge >= 0.3 is 0 Å². The number of methoxy groups -OCH3 is 1. The van der Waals surface area contributed by atoms with Crippen molar-refractivity contribution in [1.82, 2.24) is 4.98 Å². The summed E-state index contributed by atoms with van der Waals surface area (Å²) < 4.78 is 4.93. The van der Waals surface area contributed by atoms with E-state index in [0.717, 1.165) is 0 Å². The first-order valence-electron chi connectivity index (χ1n) is 3.77. The van der Waals surface area contributed by atoms with Crippen LogP contribution in [-0.4, -0.2) is 18.6 Å². The maximum absolute atomic E-state index is 5.57. The Hall–Kier alpha value is -1.73. The molecule has 0 spiro atoms. The molecule has 0 unspecified atom stereocenters. The van der Waals surface area contributed by atoms with E-state index in [1.54, 1.807) is 12.1 Å². The van der Waals surface area contributed by atoms with Crippen molar-refractivity contribution in [2.24, 2.45) is 5.73 Å². The normalized spacial score (nSPS) is 8.77. The quantitative estimate of drug-likeness (QED) is 0.591. The molecule has 1 aromatic rings. The molecule has 0 bridgehead atoms. The minimum atomic E-state index is 0.314. The van der Waals surface area contributed by atoms with Crippen LogP contribution in [0, 0.1) is 11.8 Å². The van der Waals surface area contributed by atoms with E-state index in [1.165, 1.54) is 7.11 Å². The van der Waals surface area contributed by atoms with Crippen LogP contribution in [0.2, 0.25) is 0 Å². The largest absolute Gasteiger partial charge is 0.479 e. The van der Waals surface area contributed by atoms with Crippen LogP contribution in [0.4, 0.5) is 5.69 Å². The molecule has 1 rings (SSSR count). The van der Waals surface area contributed by atoms with Gasteiger partial charge in [-0.15, -0.1) is 0 Å². The molecule has 0 atom stereocenters. The van der Waals surface area contributed by atoms with E-state index in [0.29, 0.717) is 23.8 Å². The summed E-state index contributed by atoms with van der Waals surface area (Å²) in [6.07, 6.45) is 0. The van der Waals surface area contributed by atoms with Crippen molar-refractivity contribution in [1.29, 1.82) is 0 Å². The highest BCUT2D eigenvalue weighted by molar-refractivity contribution is 5.50. The third kappa shape index (κ3) is 2.36. The summed E-state index contributed by atoms with van der Waals surface area (Å²) in [6, 6.07) is 3.42. The lowest BCUT2D eigenvalue weighted by Gasteiger charge is -2.01. The zero-order valence-electron chi connectivity index (χ0n) is 7.37. The van der Waals surface area contributed by atoms with Crippen molar-refractivity contribution in [3.05, 3.63) is 17.8 Å². The Balaban J connectivity index is 2.99. The molecule has 0 saturated carbocycles. The van der Waals surface area contributed by atoms with Crippen LogP contribution in [-0.2, 0) is 0 Å². The number of aromatic nitrogens is 1. The predicted molar refractivity (Wildman–Crippen MR) is 51.1 cm³/mol. The summed E-state index contributed by atoms with van der Waals surface area (Å²) in [5, 5.41) is 0. The first kappa shape index (κ1) is 9.36. The highest BCUT2D eigenvalue weighted by Gasteiger charge is 1.99. The van der Waals surface area contributed by atoms with E-state index in [9.17, 15) is 0 Å². The minimum Gasteiger partial charge on any atom is -0.479 e. The smallest absolute Gasteiger partial charge is 0.238 e. The van der Waals surface area contributed by atoms with Gasteiger partial charge in [0.25, 0.3) is 0 Å². The Kier molecular flexibility index (Phi) is 3.12. The van der Waals surface area contributed by atoms with Crippen molar-refractivity contribution in [2.75, 3.05) is 19.4 Å². The van der Waals surface area contributed by atoms with E-state index in [-0.39, 0.29) is 0 Å². The van der Waals surface area contributed by atoms with Crippen LogP contribution < -0.4 is 16.2 Å². The number of ether oxygens (including phenoxy) is 1. The van der Waals surface area contributed by atoms with E-state index in [1.807, 2.05) is 0 Å². The van der Waals surface area contributed by atoms with E-state index in [2.05, 4.69) is 16.8 Å². The molecule has 4 nitrogen and oxygen atoms in total. The average Bonchev–Trinajstić information content (AvgIpc) is 2.16. The Morgan fingerprint density at radius 2 is 2.31 bits per heavy atom. The van der Waals surface area contributed by atoms with Crippen LogP contribution in [0.1, 0.15) is 5.69 Å². The summed E-state index contributed by atoms with van der Waals surface area (Å²) in [4.78, 5) is 4.05. The second-order valence-electron chi connectivity index (χ2n) is 2.30. The van der Waals surface area contributed by atoms with Crippen LogP contribution in [0.3, 0.4) is 0 Å². The molecule has 1 heterocycles. The fourth-order valence-electron chi connectivity index (χ4n) is 0.826. The Bertz CT molecular complexity index is 352. The number of pyridine rings is 1. The van der Waals surface area contributed by atoms with Gasteiger partial charge in [0.1, 0.15) is 5.69 Å². The first-order valence-corrected chi connectivity index (χ1v) is 3.77. The number of hydrogen-bond acceptors (Lipinski definition) is 4. The molecular formula is C9H11N3O. The van der Waals surface area contributed by atoms with Crippen molar-refractivity contribution >= 4 is 5.69 Å². The van der Waals surface area contributed by atoms with Crippen molar-refractivity contribution < 1.29 is 4.74 Å². The summed E-state index contributed by atoms with van der Waals surface area (Å²) in [5.41, 5.74) is 11.9. The maximum atomic E-state index is 5.57. The number of nitrogens with zero attached hydrogens (tertiary/aromatic N) is 1. The van der Waals surface area contributed by atoms with Crippen LogP contribution in [0.25, 0.3) is 0 Å². The molecule has 0 aliphatic carbocycles. The van der Waals surface area contributed by atoms with E-state index in [4.69, 9.17) is 16.2 Å². The van der Waals surface area contributed by atoms with Crippen molar-refractivity contribution in [2.45, 2.75) is 0 Å². The van der Waals surface area contributed by atoms with Gasteiger partial charge in [-0.2, -0.15) is 0 Å². The Morgan fingerprint density at radius 1 is 1.54 bits per heavy atom. The van der Waals surface area contributed by atoms with Crippen molar-refractivity contribution in [3.8, 4) is 17.7 Å².